The molecule has 0 aromatic rings. The van der Waals surface area contributed by atoms with Crippen LogP contribution in [0.4, 0.5) is 0 Å². The quantitative estimate of drug-likeness (QED) is 0.360. The van der Waals surface area contributed by atoms with E-state index < -0.39 is 0 Å². The zero-order valence-corrected chi connectivity index (χ0v) is 22.8. The average molecular weight is 637 g/mol. The third kappa shape index (κ3) is 59.3. The smallest absolute Gasteiger partial charge is 2.00 e. The van der Waals surface area contributed by atoms with Crippen LogP contribution < -0.4 is 0 Å². The average Bonchev–Trinajstić information content (AvgIpc) is 3.40. The van der Waals surface area contributed by atoms with Gasteiger partial charge in [0.1, 0.15) is 0 Å². The first-order valence-electron chi connectivity index (χ1n) is 8.31. The van der Waals surface area contributed by atoms with Gasteiger partial charge in [-0.2, -0.15) is 0 Å². The number of ether oxygens (including phenoxy) is 4. The minimum atomic E-state index is 0. The van der Waals surface area contributed by atoms with Crippen molar-refractivity contribution in [2.75, 3.05) is 52.9 Å². The molecule has 0 saturated carbocycles. The van der Waals surface area contributed by atoms with Crippen LogP contribution in [-0.2, 0) is 103 Å². The summed E-state index contributed by atoms with van der Waals surface area (Å²) < 4.78 is 19.8. The molecule has 0 amide bonds. The number of hydrogen-bond donors (Lipinski definition) is 0. The van der Waals surface area contributed by atoms with Crippen molar-refractivity contribution in [3.8, 4) is 0 Å². The maximum Gasteiger partial charge on any atom is 7.00 e. The van der Waals surface area contributed by atoms with E-state index in [9.17, 15) is 0 Å². The standard InChI is InChI=1S/4C4H8O.Mg.8O.2Tc/c4*1-2-4-5-3-1;;;;;;;;;;;/h4*1-4H2;;;;;;;;;;;/q;;;;+2;8*-2;2*+7. The normalized spacial score (nSPS) is 15.5. The van der Waals surface area contributed by atoms with Crippen LogP contribution >= 0.6 is 0 Å². The zero-order chi connectivity index (χ0) is 14.1. The van der Waals surface area contributed by atoms with E-state index in [4.69, 9.17) is 18.9 Å². The molecular formula is C16H32MgO12Tc2. The molecular weight excluding hydrogens is 604 g/mol. The van der Waals surface area contributed by atoms with Crippen molar-refractivity contribution in [3.05, 3.63) is 0 Å². The Morgan fingerprint density at radius 3 is 0.387 bits per heavy atom. The molecule has 4 heterocycles. The fraction of sp³-hybridized carbons (Fsp3) is 1.00. The monoisotopic (exact) mass is 634 g/mol. The van der Waals surface area contributed by atoms with Crippen molar-refractivity contribution >= 4 is 23.1 Å². The Kier molecular flexibility index (Phi) is 143. The van der Waals surface area contributed by atoms with Gasteiger partial charge in [0, 0.05) is 52.9 Å². The predicted molar refractivity (Wildman–Crippen MR) is 91.5 cm³/mol. The maximum absolute atomic E-state index is 4.94. The molecule has 0 aliphatic carbocycles. The Hall–Kier alpha value is 1.58. The molecule has 0 spiro atoms. The van der Waals surface area contributed by atoms with E-state index in [2.05, 4.69) is 0 Å². The Morgan fingerprint density at radius 2 is 0.355 bits per heavy atom. The molecule has 31 heavy (non-hydrogen) atoms. The third-order valence-electron chi connectivity index (χ3n) is 3.31. The fourth-order valence-corrected chi connectivity index (χ4v) is 2.04. The SMILES string of the molecule is C1CCOC1.C1CCOC1.C1CCOC1.C1CCOC1.[Mg+2].[O-2].[O-2].[O-2].[O-2].[O-2].[O-2].[O-2].[O-2].[Tc+7].[Tc+7]. The van der Waals surface area contributed by atoms with Crippen LogP contribution in [0.1, 0.15) is 51.4 Å². The molecule has 4 aliphatic heterocycles. The number of rotatable bonds is 0. The molecule has 0 aromatic heterocycles. The van der Waals surface area contributed by atoms with E-state index in [0.29, 0.717) is 0 Å². The Balaban J connectivity index is -0.0000000171. The summed E-state index contributed by atoms with van der Waals surface area (Å²) in [6.07, 6.45) is 10.2. The second-order valence-electron chi connectivity index (χ2n) is 5.28. The first-order chi connectivity index (χ1) is 10.0. The second-order valence-corrected chi connectivity index (χ2v) is 5.28. The Labute approximate surface area is 229 Å². The fourth-order valence-electron chi connectivity index (χ4n) is 2.04. The maximum atomic E-state index is 4.94. The minimum absolute atomic E-state index is 0. The third-order valence-corrected chi connectivity index (χ3v) is 3.31. The van der Waals surface area contributed by atoms with Gasteiger partial charge in [-0.05, 0) is 51.4 Å². The van der Waals surface area contributed by atoms with Crippen molar-refractivity contribution in [1.29, 1.82) is 0 Å². The molecule has 0 unspecified atom stereocenters. The molecule has 0 N–H and O–H groups in total. The van der Waals surface area contributed by atoms with Crippen molar-refractivity contribution in [2.45, 2.75) is 51.4 Å². The van der Waals surface area contributed by atoms with E-state index in [-0.39, 0.29) is 107 Å². The summed E-state index contributed by atoms with van der Waals surface area (Å²) in [7, 11) is 0. The molecule has 0 radical (unpaired) electrons. The topological polar surface area (TPSA) is 265 Å². The second kappa shape index (κ2) is 63.4. The summed E-state index contributed by atoms with van der Waals surface area (Å²) >= 11 is 0. The van der Waals surface area contributed by atoms with E-state index in [1.807, 2.05) is 0 Å². The minimum Gasteiger partial charge on any atom is -2.00 e. The van der Waals surface area contributed by atoms with Gasteiger partial charge in [-0.25, -0.2) is 0 Å². The summed E-state index contributed by atoms with van der Waals surface area (Å²) in [6, 6.07) is 0. The first-order valence-corrected chi connectivity index (χ1v) is 8.31. The van der Waals surface area contributed by atoms with Crippen molar-refractivity contribution in [1.82, 2.24) is 0 Å². The van der Waals surface area contributed by atoms with Gasteiger partial charge in [-0.15, -0.1) is 0 Å². The molecule has 0 atom stereocenters. The zero-order valence-electron chi connectivity index (χ0n) is 17.7. The van der Waals surface area contributed by atoms with Gasteiger partial charge in [0.05, 0.1) is 0 Å². The largest absolute Gasteiger partial charge is 7.00 e. The Bertz CT molecular complexity index is 131. The molecule has 4 rings (SSSR count). The first kappa shape index (κ1) is 69.8. The molecule has 4 aliphatic rings. The van der Waals surface area contributed by atoms with Gasteiger partial charge in [0.2, 0.25) is 0 Å². The van der Waals surface area contributed by atoms with Gasteiger partial charge in [-0.1, -0.05) is 0 Å². The summed E-state index contributed by atoms with van der Waals surface area (Å²) in [5, 5.41) is 0. The van der Waals surface area contributed by atoms with Crippen LogP contribution in [0.5, 0.6) is 0 Å². The molecule has 15 heteroatoms. The molecule has 4 fully saturated rings. The molecule has 0 aromatic carbocycles. The van der Waals surface area contributed by atoms with E-state index in [0.717, 1.165) is 52.9 Å². The predicted octanol–water partition coefficient (Wildman–Crippen LogP) is 1.85. The summed E-state index contributed by atoms with van der Waals surface area (Å²) in [5.41, 5.74) is 0. The number of hydrogen-bond acceptors (Lipinski definition) is 4. The van der Waals surface area contributed by atoms with Crippen LogP contribution in [0.3, 0.4) is 0 Å². The Morgan fingerprint density at radius 1 is 0.258 bits per heavy atom. The van der Waals surface area contributed by atoms with Gasteiger partial charge >= 0.3 is 63.3 Å². The van der Waals surface area contributed by atoms with E-state index >= 15 is 0 Å². The van der Waals surface area contributed by atoms with Crippen LogP contribution in [0.15, 0.2) is 0 Å². The summed E-state index contributed by atoms with van der Waals surface area (Å²) in [4.78, 5) is 0. The summed E-state index contributed by atoms with van der Waals surface area (Å²) in [6.45, 7) is 8.00. The van der Waals surface area contributed by atoms with Crippen molar-refractivity contribution < 1.29 is 103 Å². The van der Waals surface area contributed by atoms with Crippen LogP contribution in [0.25, 0.3) is 0 Å². The van der Waals surface area contributed by atoms with Crippen molar-refractivity contribution in [3.63, 3.8) is 0 Å². The summed E-state index contributed by atoms with van der Waals surface area (Å²) in [5.74, 6) is 0. The van der Waals surface area contributed by atoms with Crippen LogP contribution in [0.2, 0.25) is 0 Å². The van der Waals surface area contributed by atoms with Crippen LogP contribution in [0, 0.1) is 0 Å². The van der Waals surface area contributed by atoms with E-state index in [1.54, 1.807) is 0 Å². The van der Waals surface area contributed by atoms with Gasteiger partial charge in [-0.3, -0.25) is 0 Å². The van der Waals surface area contributed by atoms with Gasteiger partial charge in [0.15, 0.2) is 0 Å². The van der Waals surface area contributed by atoms with Crippen LogP contribution in [-0.4, -0.2) is 75.9 Å². The molecule has 0 bridgehead atoms. The molecule has 184 valence electrons. The van der Waals surface area contributed by atoms with Gasteiger partial charge < -0.3 is 62.8 Å². The van der Waals surface area contributed by atoms with Gasteiger partial charge in [0.25, 0.3) is 0 Å². The molecule has 4 saturated heterocycles. The van der Waals surface area contributed by atoms with Crippen molar-refractivity contribution in [2.24, 2.45) is 0 Å². The van der Waals surface area contributed by atoms with E-state index in [1.165, 1.54) is 51.4 Å². The molecule has 12 nitrogen and oxygen atoms in total.